The normalized spacial score (nSPS) is 9.91. The number of ether oxygens (including phenoxy) is 1. The van der Waals surface area contributed by atoms with E-state index in [-0.39, 0.29) is 12.2 Å². The van der Waals surface area contributed by atoms with E-state index < -0.39 is 17.6 Å². The Kier molecular flexibility index (Phi) is 5.08. The van der Waals surface area contributed by atoms with Gasteiger partial charge >= 0.3 is 0 Å². The van der Waals surface area contributed by atoms with E-state index in [9.17, 15) is 14.0 Å². The Morgan fingerprint density at radius 1 is 1.05 bits per heavy atom. The molecule has 0 atom stereocenters. The molecule has 0 bridgehead atoms. The molecule has 2 N–H and O–H groups in total. The van der Waals surface area contributed by atoms with E-state index in [0.29, 0.717) is 5.75 Å². The van der Waals surface area contributed by atoms with Gasteiger partial charge in [-0.2, -0.15) is 0 Å². The average molecular weight is 302 g/mol. The first-order chi connectivity index (χ1) is 10.6. The molecule has 114 valence electrons. The van der Waals surface area contributed by atoms with Crippen LogP contribution in [0.3, 0.4) is 0 Å². The number of hydrogen-bond acceptors (Lipinski definition) is 3. The smallest absolute Gasteiger partial charge is 0.276 e. The zero-order chi connectivity index (χ0) is 15.9. The minimum atomic E-state index is -0.734. The molecule has 0 saturated heterocycles. The molecule has 0 aliphatic rings. The molecule has 0 aliphatic carbocycles. The molecule has 5 nitrogen and oxygen atoms in total. The van der Waals surface area contributed by atoms with Gasteiger partial charge in [0, 0.05) is 0 Å². The number of amides is 2. The molecule has 6 heteroatoms. The number of carbonyl (C=O) groups is 2. The second-order valence-electron chi connectivity index (χ2n) is 4.58. The summed E-state index contributed by atoms with van der Waals surface area (Å²) in [6, 6.07) is 12.7. The highest BCUT2D eigenvalue weighted by Crippen LogP contribution is 2.10. The molecule has 0 unspecified atom stereocenters. The molecule has 2 aromatic rings. The summed E-state index contributed by atoms with van der Waals surface area (Å²) < 4.78 is 18.6. The fourth-order valence-corrected chi connectivity index (χ4v) is 1.66. The number of nitrogens with one attached hydrogen (secondary N) is 2. The highest BCUT2D eigenvalue weighted by molar-refractivity contribution is 5.95. The van der Waals surface area contributed by atoms with Gasteiger partial charge in [0.2, 0.25) is 0 Å². The third-order valence-electron chi connectivity index (χ3n) is 2.82. The lowest BCUT2D eigenvalue weighted by atomic mass is 10.2. The Bertz CT molecular complexity index is 671. The fraction of sp³-hybridized carbons (Fsp3) is 0.125. The lowest BCUT2D eigenvalue weighted by Crippen LogP contribution is -2.44. The van der Waals surface area contributed by atoms with Crippen LogP contribution in [0.1, 0.15) is 15.9 Å². The van der Waals surface area contributed by atoms with Crippen LogP contribution in [0.15, 0.2) is 48.5 Å². The number of halogens is 1. The molecular formula is C16H15FN2O3. The van der Waals surface area contributed by atoms with Crippen molar-refractivity contribution in [1.82, 2.24) is 10.9 Å². The van der Waals surface area contributed by atoms with E-state index in [1.807, 2.05) is 19.1 Å². The standard InChI is InChI=1S/C16H15FN2O3/c1-11-6-8-12(9-7-11)22-10-15(20)18-19-16(21)13-4-2-3-5-14(13)17/h2-9H,10H2,1H3,(H,18,20)(H,19,21). The first-order valence-corrected chi connectivity index (χ1v) is 6.59. The van der Waals surface area contributed by atoms with E-state index in [4.69, 9.17) is 4.74 Å². The van der Waals surface area contributed by atoms with Gasteiger partial charge in [0.25, 0.3) is 11.8 Å². The molecule has 22 heavy (non-hydrogen) atoms. The monoisotopic (exact) mass is 302 g/mol. The van der Waals surface area contributed by atoms with Gasteiger partial charge in [-0.3, -0.25) is 20.4 Å². The van der Waals surface area contributed by atoms with Crippen molar-refractivity contribution < 1.29 is 18.7 Å². The van der Waals surface area contributed by atoms with Gasteiger partial charge in [-0.25, -0.2) is 4.39 Å². The largest absolute Gasteiger partial charge is 0.484 e. The molecule has 2 amide bonds. The topological polar surface area (TPSA) is 67.4 Å². The lowest BCUT2D eigenvalue weighted by molar-refractivity contribution is -0.123. The van der Waals surface area contributed by atoms with Crippen molar-refractivity contribution in [3.8, 4) is 5.75 Å². The zero-order valence-electron chi connectivity index (χ0n) is 11.9. The Labute approximate surface area is 127 Å². The maximum atomic E-state index is 13.4. The number of hydrazine groups is 1. The van der Waals surface area contributed by atoms with Crippen LogP contribution in [-0.4, -0.2) is 18.4 Å². The van der Waals surface area contributed by atoms with E-state index in [1.165, 1.54) is 18.2 Å². The Morgan fingerprint density at radius 3 is 2.41 bits per heavy atom. The summed E-state index contributed by atoms with van der Waals surface area (Å²) in [5.41, 5.74) is 5.21. The molecule has 0 heterocycles. The van der Waals surface area contributed by atoms with Crippen LogP contribution in [0.25, 0.3) is 0 Å². The van der Waals surface area contributed by atoms with Crippen LogP contribution >= 0.6 is 0 Å². The van der Waals surface area contributed by atoms with Gasteiger partial charge in [0.1, 0.15) is 11.6 Å². The van der Waals surface area contributed by atoms with Gasteiger partial charge < -0.3 is 4.74 Å². The van der Waals surface area contributed by atoms with Gasteiger partial charge in [-0.1, -0.05) is 29.8 Å². The van der Waals surface area contributed by atoms with Crippen LogP contribution in [0, 0.1) is 12.7 Å². The highest BCUT2D eigenvalue weighted by Gasteiger charge is 2.11. The summed E-state index contributed by atoms with van der Waals surface area (Å²) in [6.07, 6.45) is 0. The van der Waals surface area contributed by atoms with Crippen LogP contribution in [0.2, 0.25) is 0 Å². The first-order valence-electron chi connectivity index (χ1n) is 6.59. The predicted octanol–water partition coefficient (Wildman–Crippen LogP) is 1.97. The molecule has 2 rings (SSSR count). The van der Waals surface area contributed by atoms with Gasteiger partial charge in [0.05, 0.1) is 5.56 Å². The summed E-state index contributed by atoms with van der Waals surface area (Å²) in [7, 11) is 0. The summed E-state index contributed by atoms with van der Waals surface area (Å²) in [4.78, 5) is 23.2. The van der Waals surface area contributed by atoms with E-state index in [1.54, 1.807) is 12.1 Å². The van der Waals surface area contributed by atoms with Crippen molar-refractivity contribution in [1.29, 1.82) is 0 Å². The second kappa shape index (κ2) is 7.21. The van der Waals surface area contributed by atoms with Gasteiger partial charge in [-0.15, -0.1) is 0 Å². The molecule has 0 spiro atoms. The predicted molar refractivity (Wildman–Crippen MR) is 78.7 cm³/mol. The minimum absolute atomic E-state index is 0.151. The summed E-state index contributed by atoms with van der Waals surface area (Å²) in [6.45, 7) is 1.68. The third-order valence-corrected chi connectivity index (χ3v) is 2.82. The van der Waals surface area contributed by atoms with E-state index in [0.717, 1.165) is 11.6 Å². The van der Waals surface area contributed by atoms with Crippen molar-refractivity contribution in [3.05, 3.63) is 65.5 Å². The van der Waals surface area contributed by atoms with Crippen molar-refractivity contribution in [2.45, 2.75) is 6.92 Å². The quantitative estimate of drug-likeness (QED) is 0.849. The molecule has 0 aliphatic heterocycles. The molecule has 0 radical (unpaired) electrons. The van der Waals surface area contributed by atoms with Crippen LogP contribution in [0.4, 0.5) is 4.39 Å². The second-order valence-corrected chi connectivity index (χ2v) is 4.58. The minimum Gasteiger partial charge on any atom is -0.484 e. The van der Waals surface area contributed by atoms with Crippen molar-refractivity contribution in [2.24, 2.45) is 0 Å². The molecule has 0 aromatic heterocycles. The summed E-state index contributed by atoms with van der Waals surface area (Å²) in [5.74, 6) is -1.40. The van der Waals surface area contributed by atoms with Crippen LogP contribution < -0.4 is 15.6 Å². The molecule has 0 fully saturated rings. The molecule has 2 aromatic carbocycles. The van der Waals surface area contributed by atoms with Crippen molar-refractivity contribution in [3.63, 3.8) is 0 Å². The Balaban J connectivity index is 1.79. The van der Waals surface area contributed by atoms with Gasteiger partial charge in [-0.05, 0) is 31.2 Å². The number of carbonyl (C=O) groups excluding carboxylic acids is 2. The number of rotatable bonds is 4. The van der Waals surface area contributed by atoms with Crippen molar-refractivity contribution >= 4 is 11.8 Å². The number of benzene rings is 2. The summed E-state index contributed by atoms with van der Waals surface area (Å²) >= 11 is 0. The average Bonchev–Trinajstić information content (AvgIpc) is 2.52. The first kappa shape index (κ1) is 15.5. The maximum absolute atomic E-state index is 13.4. The van der Waals surface area contributed by atoms with Crippen LogP contribution in [0.5, 0.6) is 5.75 Å². The zero-order valence-corrected chi connectivity index (χ0v) is 11.9. The van der Waals surface area contributed by atoms with Gasteiger partial charge in [0.15, 0.2) is 6.61 Å². The number of aryl methyl sites for hydroxylation is 1. The van der Waals surface area contributed by atoms with E-state index >= 15 is 0 Å². The van der Waals surface area contributed by atoms with Crippen molar-refractivity contribution in [2.75, 3.05) is 6.61 Å². The highest BCUT2D eigenvalue weighted by atomic mass is 19.1. The van der Waals surface area contributed by atoms with Crippen LogP contribution in [-0.2, 0) is 4.79 Å². The fourth-order valence-electron chi connectivity index (χ4n) is 1.66. The Hall–Kier alpha value is -2.89. The third kappa shape index (κ3) is 4.31. The molecule has 0 saturated carbocycles. The Morgan fingerprint density at radius 2 is 1.73 bits per heavy atom. The van der Waals surface area contributed by atoms with E-state index in [2.05, 4.69) is 10.9 Å². The SMILES string of the molecule is Cc1ccc(OCC(=O)NNC(=O)c2ccccc2F)cc1. The molecular weight excluding hydrogens is 287 g/mol. The maximum Gasteiger partial charge on any atom is 0.276 e. The lowest BCUT2D eigenvalue weighted by Gasteiger charge is -2.09. The number of hydrogen-bond donors (Lipinski definition) is 2. The summed E-state index contributed by atoms with van der Waals surface area (Å²) in [5, 5.41) is 0.